The van der Waals surface area contributed by atoms with E-state index in [1.807, 2.05) is 20.8 Å². The molecule has 1 heterocycles. The molecule has 0 spiro atoms. The molecule has 1 aliphatic rings. The lowest BCUT2D eigenvalue weighted by Gasteiger charge is -2.24. The highest BCUT2D eigenvalue weighted by Gasteiger charge is 2.30. The summed E-state index contributed by atoms with van der Waals surface area (Å²) in [6.45, 7) is 6.98. The topological polar surface area (TPSA) is 58.6 Å². The Balaban J connectivity index is 2.35. The summed E-state index contributed by atoms with van der Waals surface area (Å²) in [6, 6.07) is 0. The zero-order valence-corrected chi connectivity index (χ0v) is 11.9. The second-order valence-electron chi connectivity index (χ2n) is 5.77. The molecule has 1 saturated heterocycles. The van der Waals surface area contributed by atoms with E-state index >= 15 is 0 Å². The number of terminal acetylenes is 1. The van der Waals surface area contributed by atoms with Crippen molar-refractivity contribution in [3.05, 3.63) is 0 Å². The average Bonchev–Trinajstić information content (AvgIpc) is 2.72. The molecule has 2 amide bonds. The molecule has 0 saturated carbocycles. The van der Waals surface area contributed by atoms with E-state index in [1.54, 1.807) is 4.90 Å². The van der Waals surface area contributed by atoms with Crippen molar-refractivity contribution in [3.8, 4) is 12.3 Å². The minimum Gasteiger partial charge on any atom is -0.444 e. The van der Waals surface area contributed by atoms with Crippen LogP contribution in [0.25, 0.3) is 0 Å². The monoisotopic (exact) mass is 266 g/mol. The predicted molar refractivity (Wildman–Crippen MR) is 72.4 cm³/mol. The van der Waals surface area contributed by atoms with Crippen LogP contribution in [0.2, 0.25) is 0 Å². The first-order valence-electron chi connectivity index (χ1n) is 6.50. The van der Waals surface area contributed by atoms with E-state index in [4.69, 9.17) is 11.2 Å². The third-order valence-electron chi connectivity index (χ3n) is 2.80. The zero-order chi connectivity index (χ0) is 14.5. The summed E-state index contributed by atoms with van der Waals surface area (Å²) >= 11 is 0. The van der Waals surface area contributed by atoms with E-state index in [0.29, 0.717) is 19.5 Å². The smallest absolute Gasteiger partial charge is 0.410 e. The van der Waals surface area contributed by atoms with Gasteiger partial charge in [-0.25, -0.2) is 4.79 Å². The summed E-state index contributed by atoms with van der Waals surface area (Å²) in [5.74, 6) is 2.48. The maximum Gasteiger partial charge on any atom is 0.410 e. The number of nitrogens with zero attached hydrogens (tertiary/aromatic N) is 1. The van der Waals surface area contributed by atoms with E-state index in [9.17, 15) is 9.59 Å². The maximum atomic E-state index is 11.8. The maximum absolute atomic E-state index is 11.8. The molecule has 1 fully saturated rings. The Bertz CT molecular complexity index is 379. The van der Waals surface area contributed by atoms with E-state index in [2.05, 4.69) is 11.2 Å². The number of nitrogens with one attached hydrogen (secondary N) is 1. The summed E-state index contributed by atoms with van der Waals surface area (Å²) in [5, 5.41) is 2.63. The fourth-order valence-corrected chi connectivity index (χ4v) is 1.98. The number of carbonyl (C=O) groups excluding carboxylic acids is 2. The molecule has 106 valence electrons. The fraction of sp³-hybridized carbons (Fsp3) is 0.714. The van der Waals surface area contributed by atoms with Crippen molar-refractivity contribution in [2.24, 2.45) is 5.92 Å². The minimum atomic E-state index is -0.487. The van der Waals surface area contributed by atoms with Crippen LogP contribution < -0.4 is 5.32 Å². The van der Waals surface area contributed by atoms with Crippen molar-refractivity contribution >= 4 is 12.0 Å². The summed E-state index contributed by atoms with van der Waals surface area (Å²) in [7, 11) is 0. The number of ether oxygens (including phenoxy) is 1. The molecule has 1 N–H and O–H groups in total. The Kier molecular flexibility index (Phi) is 5.22. The molecule has 0 aromatic rings. The van der Waals surface area contributed by atoms with Crippen LogP contribution in [0.4, 0.5) is 4.79 Å². The van der Waals surface area contributed by atoms with Crippen LogP contribution in [0.1, 0.15) is 33.6 Å². The molecule has 0 aromatic heterocycles. The second-order valence-corrected chi connectivity index (χ2v) is 5.77. The van der Waals surface area contributed by atoms with E-state index in [0.717, 1.165) is 6.42 Å². The molecule has 0 unspecified atom stereocenters. The van der Waals surface area contributed by atoms with E-state index < -0.39 is 5.60 Å². The summed E-state index contributed by atoms with van der Waals surface area (Å²) in [5.41, 5.74) is -0.487. The third kappa shape index (κ3) is 5.64. The molecule has 0 bridgehead atoms. The van der Waals surface area contributed by atoms with Crippen LogP contribution in [0.15, 0.2) is 0 Å². The van der Waals surface area contributed by atoms with E-state index in [-0.39, 0.29) is 24.5 Å². The Morgan fingerprint density at radius 2 is 2.16 bits per heavy atom. The molecule has 0 aliphatic carbocycles. The van der Waals surface area contributed by atoms with Gasteiger partial charge in [-0.1, -0.05) is 5.92 Å². The molecule has 0 aromatic carbocycles. The van der Waals surface area contributed by atoms with Crippen molar-refractivity contribution < 1.29 is 14.3 Å². The van der Waals surface area contributed by atoms with Crippen LogP contribution in [-0.2, 0) is 9.53 Å². The zero-order valence-electron chi connectivity index (χ0n) is 11.9. The minimum absolute atomic E-state index is 0.0611. The first-order valence-corrected chi connectivity index (χ1v) is 6.50. The molecular weight excluding hydrogens is 244 g/mol. The molecule has 1 rings (SSSR count). The highest BCUT2D eigenvalue weighted by molar-refractivity contribution is 5.76. The van der Waals surface area contributed by atoms with Gasteiger partial charge in [0.2, 0.25) is 5.91 Å². The quantitative estimate of drug-likeness (QED) is 0.785. The number of amides is 2. The first kappa shape index (κ1) is 15.4. The van der Waals surface area contributed by atoms with Crippen LogP contribution in [0.3, 0.4) is 0 Å². The Hall–Kier alpha value is -1.70. The lowest BCUT2D eigenvalue weighted by atomic mass is 10.0. The third-order valence-corrected chi connectivity index (χ3v) is 2.80. The number of hydrogen-bond acceptors (Lipinski definition) is 3. The Morgan fingerprint density at radius 1 is 1.47 bits per heavy atom. The predicted octanol–water partition coefficient (Wildman–Crippen LogP) is 1.38. The molecule has 1 atom stereocenters. The highest BCUT2D eigenvalue weighted by Crippen LogP contribution is 2.21. The first-order chi connectivity index (χ1) is 8.81. The van der Waals surface area contributed by atoms with Gasteiger partial charge in [-0.15, -0.1) is 6.42 Å². The van der Waals surface area contributed by atoms with E-state index in [1.165, 1.54) is 0 Å². The van der Waals surface area contributed by atoms with Crippen LogP contribution in [-0.4, -0.2) is 42.1 Å². The van der Waals surface area contributed by atoms with Crippen molar-refractivity contribution in [2.45, 2.75) is 39.2 Å². The van der Waals surface area contributed by atoms with Gasteiger partial charge in [-0.3, -0.25) is 4.79 Å². The van der Waals surface area contributed by atoms with Crippen molar-refractivity contribution in [2.75, 3.05) is 19.6 Å². The molecule has 0 radical (unpaired) electrons. The number of carbonyl (C=O) groups is 2. The lowest BCUT2D eigenvalue weighted by molar-refractivity contribution is -0.121. The van der Waals surface area contributed by atoms with Gasteiger partial charge in [0, 0.05) is 19.5 Å². The molecule has 19 heavy (non-hydrogen) atoms. The van der Waals surface area contributed by atoms with Gasteiger partial charge in [0.05, 0.1) is 6.54 Å². The van der Waals surface area contributed by atoms with Gasteiger partial charge < -0.3 is 15.0 Å². The summed E-state index contributed by atoms with van der Waals surface area (Å²) in [4.78, 5) is 25.0. The van der Waals surface area contributed by atoms with Gasteiger partial charge in [-0.2, -0.15) is 0 Å². The number of rotatable bonds is 3. The molecule has 5 nitrogen and oxygen atoms in total. The second kappa shape index (κ2) is 6.46. The average molecular weight is 266 g/mol. The van der Waals surface area contributed by atoms with Gasteiger partial charge in [-0.05, 0) is 33.1 Å². The van der Waals surface area contributed by atoms with Crippen LogP contribution in [0.5, 0.6) is 0 Å². The SMILES string of the molecule is C#CCNC(=O)C[C@H]1CCN(C(=O)OC(C)(C)C)C1. The molecule has 1 aliphatic heterocycles. The Labute approximate surface area is 114 Å². The fourth-order valence-electron chi connectivity index (χ4n) is 1.98. The lowest BCUT2D eigenvalue weighted by Crippen LogP contribution is -2.35. The number of hydrogen-bond donors (Lipinski definition) is 1. The van der Waals surface area contributed by atoms with Crippen molar-refractivity contribution in [1.82, 2.24) is 10.2 Å². The van der Waals surface area contributed by atoms with Gasteiger partial charge >= 0.3 is 6.09 Å². The summed E-state index contributed by atoms with van der Waals surface area (Å²) < 4.78 is 5.30. The summed E-state index contributed by atoms with van der Waals surface area (Å²) in [6.07, 6.45) is 5.99. The normalized spacial score (nSPS) is 18.8. The molecule has 5 heteroatoms. The van der Waals surface area contributed by atoms with Gasteiger partial charge in [0.15, 0.2) is 0 Å². The highest BCUT2D eigenvalue weighted by atomic mass is 16.6. The number of likely N-dealkylation sites (tertiary alicyclic amines) is 1. The standard InChI is InChI=1S/C14H22N2O3/c1-5-7-15-12(17)9-11-6-8-16(10-11)13(18)19-14(2,3)4/h1,11H,6-10H2,2-4H3,(H,15,17)/t11-/m1/s1. The van der Waals surface area contributed by atoms with Crippen LogP contribution >= 0.6 is 0 Å². The van der Waals surface area contributed by atoms with Crippen molar-refractivity contribution in [1.29, 1.82) is 0 Å². The van der Waals surface area contributed by atoms with Gasteiger partial charge in [0.25, 0.3) is 0 Å². The van der Waals surface area contributed by atoms with Crippen molar-refractivity contribution in [3.63, 3.8) is 0 Å². The molecular formula is C14H22N2O3. The Morgan fingerprint density at radius 3 is 2.74 bits per heavy atom. The van der Waals surface area contributed by atoms with Crippen LogP contribution in [0, 0.1) is 18.3 Å². The largest absolute Gasteiger partial charge is 0.444 e. The van der Waals surface area contributed by atoms with Gasteiger partial charge in [0.1, 0.15) is 5.60 Å².